The van der Waals surface area contributed by atoms with Crippen molar-refractivity contribution in [3.63, 3.8) is 0 Å². The summed E-state index contributed by atoms with van der Waals surface area (Å²) in [6.45, 7) is 2.20. The van der Waals surface area contributed by atoms with Crippen LogP contribution in [-0.2, 0) is 4.79 Å². The molecular weight excluding hydrogens is 505 g/mol. The number of ether oxygens (including phenoxy) is 1. The van der Waals surface area contributed by atoms with Crippen LogP contribution in [0.3, 0.4) is 0 Å². The van der Waals surface area contributed by atoms with E-state index in [1.807, 2.05) is 5.48 Å². The maximum absolute atomic E-state index is 15.7. The Labute approximate surface area is 218 Å². The van der Waals surface area contributed by atoms with Crippen molar-refractivity contribution in [3.8, 4) is 5.75 Å². The first-order chi connectivity index (χ1) is 17.5. The Hall–Kier alpha value is -2.53. The number of pyridine rings is 1. The molecule has 1 fully saturated rings. The van der Waals surface area contributed by atoms with Gasteiger partial charge in [0.05, 0.1) is 29.3 Å². The molecule has 36 heavy (non-hydrogen) atoms. The molecule has 2 aromatic heterocycles. The highest BCUT2D eigenvalue weighted by molar-refractivity contribution is 7.99. The quantitative estimate of drug-likeness (QED) is 0.216. The molecule has 0 spiro atoms. The van der Waals surface area contributed by atoms with Gasteiger partial charge < -0.3 is 9.64 Å². The Morgan fingerprint density at radius 3 is 2.81 bits per heavy atom. The summed E-state index contributed by atoms with van der Waals surface area (Å²) < 4.78 is 21.0. The number of likely N-dealkylation sites (tertiary alicyclic amines) is 1. The van der Waals surface area contributed by atoms with Gasteiger partial charge in [0.15, 0.2) is 0 Å². The van der Waals surface area contributed by atoms with Gasteiger partial charge in [-0.2, -0.15) is 0 Å². The van der Waals surface area contributed by atoms with Crippen molar-refractivity contribution >= 4 is 40.2 Å². The molecule has 3 aromatic rings. The molecule has 8 nitrogen and oxygen atoms in total. The molecular formula is C25H29ClFN5O3S. The van der Waals surface area contributed by atoms with Crippen LogP contribution in [0.25, 0.3) is 10.9 Å². The van der Waals surface area contributed by atoms with E-state index in [1.54, 1.807) is 55.7 Å². The third kappa shape index (κ3) is 6.05. The Kier molecular flexibility index (Phi) is 8.95. The highest BCUT2D eigenvalue weighted by Gasteiger charge is 2.41. The van der Waals surface area contributed by atoms with Crippen molar-refractivity contribution in [1.82, 2.24) is 25.3 Å². The van der Waals surface area contributed by atoms with Crippen LogP contribution in [0.2, 0.25) is 5.02 Å². The lowest BCUT2D eigenvalue weighted by atomic mass is 9.73. The van der Waals surface area contributed by atoms with Crippen LogP contribution in [0.5, 0.6) is 5.75 Å². The number of methoxy groups -OCH3 is 1. The number of piperidine rings is 1. The second-order valence-electron chi connectivity index (χ2n) is 8.86. The van der Waals surface area contributed by atoms with E-state index in [4.69, 9.17) is 16.3 Å². The normalized spacial score (nSPS) is 16.6. The number of hydrogen-bond donors (Lipinski definition) is 2. The number of hydroxylamine groups is 1. The fraction of sp³-hybridized carbons (Fsp3) is 0.440. The first kappa shape index (κ1) is 26.5. The molecule has 0 radical (unpaired) electrons. The summed E-state index contributed by atoms with van der Waals surface area (Å²) in [7, 11) is 1.55. The fourth-order valence-electron chi connectivity index (χ4n) is 4.71. The number of carbonyl (C=O) groups is 1. The Morgan fingerprint density at radius 1 is 1.31 bits per heavy atom. The monoisotopic (exact) mass is 533 g/mol. The summed E-state index contributed by atoms with van der Waals surface area (Å²) in [6, 6.07) is 5.25. The largest absolute Gasteiger partial charge is 0.497 e. The Morgan fingerprint density at radius 2 is 2.11 bits per heavy atom. The lowest BCUT2D eigenvalue weighted by Crippen LogP contribution is -2.48. The summed E-state index contributed by atoms with van der Waals surface area (Å²) >= 11 is 8.00. The number of rotatable bonds is 10. The molecule has 192 valence electrons. The molecule has 1 amide bonds. The highest BCUT2D eigenvalue weighted by Crippen LogP contribution is 2.42. The van der Waals surface area contributed by atoms with Crippen LogP contribution in [0.15, 0.2) is 48.0 Å². The van der Waals surface area contributed by atoms with Gasteiger partial charge in [-0.15, -0.1) is 11.8 Å². The standard InChI is InChI=1S/C25H29ClFN5O3S/c1-35-17-2-3-21-18(14-17)23(19(26)15-30-21)20(27)4-5-25(24(33)31-34)6-10-32(11-7-25)12-13-36-22-16-28-8-9-29-22/h2-3,8-9,14-16,20,34H,4-7,10-13H2,1H3,(H,31,33)/t20-/m1/s1. The number of benzene rings is 1. The van der Waals surface area contributed by atoms with Crippen LogP contribution < -0.4 is 10.2 Å². The predicted molar refractivity (Wildman–Crippen MR) is 137 cm³/mol. The van der Waals surface area contributed by atoms with E-state index in [0.29, 0.717) is 48.1 Å². The summed E-state index contributed by atoms with van der Waals surface area (Å²) in [5.41, 5.74) is 1.94. The zero-order valence-corrected chi connectivity index (χ0v) is 21.6. The van der Waals surface area contributed by atoms with Gasteiger partial charge in [0.25, 0.3) is 0 Å². The number of hydrogen-bond acceptors (Lipinski definition) is 8. The maximum Gasteiger partial charge on any atom is 0.249 e. The van der Waals surface area contributed by atoms with Gasteiger partial charge in [-0.25, -0.2) is 14.9 Å². The van der Waals surface area contributed by atoms with Gasteiger partial charge in [0.2, 0.25) is 5.91 Å². The molecule has 4 rings (SSSR count). The fourth-order valence-corrected chi connectivity index (χ4v) is 5.81. The van der Waals surface area contributed by atoms with Crippen molar-refractivity contribution in [2.75, 3.05) is 32.5 Å². The molecule has 11 heteroatoms. The van der Waals surface area contributed by atoms with E-state index in [9.17, 15) is 10.0 Å². The van der Waals surface area contributed by atoms with Crippen LogP contribution in [0, 0.1) is 5.41 Å². The summed E-state index contributed by atoms with van der Waals surface area (Å²) in [5.74, 6) is 0.971. The zero-order valence-electron chi connectivity index (χ0n) is 20.0. The molecule has 0 aliphatic carbocycles. The number of amides is 1. The second-order valence-corrected chi connectivity index (χ2v) is 10.4. The Balaban J connectivity index is 1.40. The number of alkyl halides is 1. The SMILES string of the molecule is COc1ccc2ncc(Cl)c([C@H](F)CCC3(C(=O)NO)CCN(CCSc4cnccn4)CC3)c2c1. The van der Waals surface area contributed by atoms with Gasteiger partial charge in [0, 0.05) is 41.8 Å². The van der Waals surface area contributed by atoms with E-state index >= 15 is 4.39 Å². The highest BCUT2D eigenvalue weighted by atomic mass is 35.5. The second kappa shape index (κ2) is 12.1. The molecule has 0 saturated carbocycles. The minimum absolute atomic E-state index is 0.0893. The predicted octanol–water partition coefficient (Wildman–Crippen LogP) is 4.86. The average molecular weight is 534 g/mol. The number of halogens is 2. The van der Waals surface area contributed by atoms with Gasteiger partial charge in [-0.1, -0.05) is 11.6 Å². The summed E-state index contributed by atoms with van der Waals surface area (Å²) in [5, 5.41) is 11.1. The molecule has 2 N–H and O–H groups in total. The maximum atomic E-state index is 15.7. The van der Waals surface area contributed by atoms with Crippen molar-refractivity contribution in [2.45, 2.75) is 36.9 Å². The third-order valence-electron chi connectivity index (χ3n) is 6.85. The van der Waals surface area contributed by atoms with Gasteiger partial charge in [-0.3, -0.25) is 20.0 Å². The minimum atomic E-state index is -1.40. The van der Waals surface area contributed by atoms with Gasteiger partial charge in [0.1, 0.15) is 16.9 Å². The topological polar surface area (TPSA) is 100 Å². The molecule has 1 saturated heterocycles. The first-order valence-corrected chi connectivity index (χ1v) is 13.1. The van der Waals surface area contributed by atoms with Crippen molar-refractivity contribution in [1.29, 1.82) is 0 Å². The van der Waals surface area contributed by atoms with Crippen molar-refractivity contribution in [2.24, 2.45) is 5.41 Å². The number of aromatic nitrogens is 3. The van der Waals surface area contributed by atoms with E-state index < -0.39 is 17.5 Å². The molecule has 1 aliphatic rings. The third-order valence-corrected chi connectivity index (χ3v) is 8.05. The molecule has 1 aromatic carbocycles. The molecule has 3 heterocycles. The number of nitrogens with zero attached hydrogens (tertiary/aromatic N) is 4. The smallest absolute Gasteiger partial charge is 0.249 e. The molecule has 0 bridgehead atoms. The number of nitrogens with one attached hydrogen (secondary N) is 1. The minimum Gasteiger partial charge on any atom is -0.497 e. The zero-order chi connectivity index (χ0) is 25.5. The molecule has 0 unspecified atom stereocenters. The number of fused-ring (bicyclic) bond motifs is 1. The molecule has 1 atom stereocenters. The Bertz CT molecular complexity index is 1180. The first-order valence-electron chi connectivity index (χ1n) is 11.8. The van der Waals surface area contributed by atoms with Gasteiger partial charge >= 0.3 is 0 Å². The van der Waals surface area contributed by atoms with E-state index in [1.165, 1.54) is 6.20 Å². The average Bonchev–Trinajstić information content (AvgIpc) is 2.92. The molecule has 1 aliphatic heterocycles. The van der Waals surface area contributed by atoms with Crippen LogP contribution in [0.1, 0.15) is 37.4 Å². The van der Waals surface area contributed by atoms with E-state index in [-0.39, 0.29) is 17.9 Å². The van der Waals surface area contributed by atoms with E-state index in [2.05, 4.69) is 19.9 Å². The lowest BCUT2D eigenvalue weighted by Gasteiger charge is -2.40. The lowest BCUT2D eigenvalue weighted by molar-refractivity contribution is -0.143. The number of carbonyl (C=O) groups excluding carboxylic acids is 1. The van der Waals surface area contributed by atoms with Gasteiger partial charge in [-0.05, 0) is 57.0 Å². The van der Waals surface area contributed by atoms with E-state index in [0.717, 1.165) is 17.3 Å². The van der Waals surface area contributed by atoms with Crippen LogP contribution >= 0.6 is 23.4 Å². The summed E-state index contributed by atoms with van der Waals surface area (Å²) in [6.07, 6.45) is 6.52. The number of thioether (sulfide) groups is 1. The summed E-state index contributed by atoms with van der Waals surface area (Å²) in [4.78, 5) is 27.6. The van der Waals surface area contributed by atoms with Crippen LogP contribution in [-0.4, -0.2) is 63.5 Å². The van der Waals surface area contributed by atoms with Crippen molar-refractivity contribution in [3.05, 3.63) is 53.6 Å². The van der Waals surface area contributed by atoms with Crippen molar-refractivity contribution < 1.29 is 19.1 Å². The van der Waals surface area contributed by atoms with Crippen LogP contribution in [0.4, 0.5) is 4.39 Å².